The van der Waals surface area contributed by atoms with E-state index in [-0.39, 0.29) is 11.3 Å². The van der Waals surface area contributed by atoms with Crippen molar-refractivity contribution in [1.29, 1.82) is 0 Å². The number of unbranched alkanes of at least 4 members (excludes halogenated alkanes) is 5. The third-order valence-electron chi connectivity index (χ3n) is 4.35. The van der Waals surface area contributed by atoms with Gasteiger partial charge in [0.2, 0.25) is 0 Å². The molecule has 0 aromatic heterocycles. The van der Waals surface area contributed by atoms with Crippen LogP contribution in [0.3, 0.4) is 0 Å². The van der Waals surface area contributed by atoms with Crippen LogP contribution in [0.2, 0.25) is 0 Å². The first-order valence-corrected chi connectivity index (χ1v) is 8.76. The first-order chi connectivity index (χ1) is 11.7. The Morgan fingerprint density at radius 2 is 1.38 bits per heavy atom. The van der Waals surface area contributed by atoms with Crippen LogP contribution >= 0.6 is 0 Å². The molecule has 3 heteroatoms. The molecule has 2 aromatic rings. The summed E-state index contributed by atoms with van der Waals surface area (Å²) in [7, 11) is 0. The van der Waals surface area contributed by atoms with E-state index in [1.54, 1.807) is 12.1 Å². The van der Waals surface area contributed by atoms with Crippen LogP contribution in [0, 0.1) is 0 Å². The molecule has 0 amide bonds. The standard InChI is InChI=1S/C21H26O3/c22-19-16-10-15-18(20(19)21(23)24)14-9-4-2-1-3-6-11-17-12-7-5-8-13-17/h5,7-8,10,12-13,15-16,22H,1-4,6,9,11,14H2,(H,23,24). The van der Waals surface area contributed by atoms with E-state index in [4.69, 9.17) is 0 Å². The summed E-state index contributed by atoms with van der Waals surface area (Å²) in [6.45, 7) is 0. The lowest BCUT2D eigenvalue weighted by Gasteiger charge is -2.08. The van der Waals surface area contributed by atoms with Crippen molar-refractivity contribution in [2.75, 3.05) is 0 Å². The Labute approximate surface area is 144 Å². The molecule has 0 spiro atoms. The Kier molecular flexibility index (Phi) is 7.34. The number of benzene rings is 2. The molecule has 0 unspecified atom stereocenters. The maximum atomic E-state index is 11.2. The summed E-state index contributed by atoms with van der Waals surface area (Å²) < 4.78 is 0. The number of carbonyl (C=O) groups is 1. The highest BCUT2D eigenvalue weighted by Gasteiger charge is 2.14. The number of carboxylic acids is 1. The molecule has 0 aliphatic rings. The SMILES string of the molecule is O=C(O)c1c(O)cccc1CCCCCCCCc1ccccc1. The molecular formula is C21H26O3. The molecule has 0 atom stereocenters. The summed E-state index contributed by atoms with van der Waals surface area (Å²) in [6, 6.07) is 15.5. The van der Waals surface area contributed by atoms with Crippen LogP contribution < -0.4 is 0 Å². The molecule has 0 aliphatic carbocycles. The molecule has 0 saturated heterocycles. The third-order valence-corrected chi connectivity index (χ3v) is 4.35. The fraction of sp³-hybridized carbons (Fsp3) is 0.381. The molecule has 0 radical (unpaired) electrons. The number of hydrogen-bond acceptors (Lipinski definition) is 2. The molecule has 24 heavy (non-hydrogen) atoms. The number of hydrogen-bond donors (Lipinski definition) is 2. The Morgan fingerprint density at radius 1 is 0.750 bits per heavy atom. The minimum atomic E-state index is -1.05. The van der Waals surface area contributed by atoms with Crippen molar-refractivity contribution in [2.24, 2.45) is 0 Å². The van der Waals surface area contributed by atoms with Crippen LogP contribution in [0.4, 0.5) is 0 Å². The Hall–Kier alpha value is -2.29. The van der Waals surface area contributed by atoms with Crippen molar-refractivity contribution in [3.63, 3.8) is 0 Å². The molecule has 0 aliphatic heterocycles. The summed E-state index contributed by atoms with van der Waals surface area (Å²) >= 11 is 0. The van der Waals surface area contributed by atoms with Crippen molar-refractivity contribution in [1.82, 2.24) is 0 Å². The highest BCUT2D eigenvalue weighted by atomic mass is 16.4. The van der Waals surface area contributed by atoms with Gasteiger partial charge in [-0.1, -0.05) is 68.1 Å². The summed E-state index contributed by atoms with van der Waals surface area (Å²) in [5.74, 6) is -1.19. The molecule has 2 rings (SSSR count). The topological polar surface area (TPSA) is 57.5 Å². The minimum absolute atomic E-state index is 0.0559. The molecule has 0 bridgehead atoms. The molecule has 128 valence electrons. The second-order valence-corrected chi connectivity index (χ2v) is 6.22. The van der Waals surface area contributed by atoms with E-state index < -0.39 is 5.97 Å². The van der Waals surface area contributed by atoms with Gasteiger partial charge in [0.15, 0.2) is 0 Å². The maximum Gasteiger partial charge on any atom is 0.339 e. The van der Waals surface area contributed by atoms with Gasteiger partial charge in [0.1, 0.15) is 11.3 Å². The van der Waals surface area contributed by atoms with E-state index in [1.165, 1.54) is 37.3 Å². The zero-order valence-electron chi connectivity index (χ0n) is 14.1. The number of aromatic carboxylic acids is 1. The zero-order valence-corrected chi connectivity index (χ0v) is 14.1. The lowest BCUT2D eigenvalue weighted by Crippen LogP contribution is -2.03. The Morgan fingerprint density at radius 3 is 2.04 bits per heavy atom. The van der Waals surface area contributed by atoms with E-state index in [9.17, 15) is 15.0 Å². The van der Waals surface area contributed by atoms with Gasteiger partial charge in [-0.3, -0.25) is 0 Å². The van der Waals surface area contributed by atoms with Crippen molar-refractivity contribution >= 4 is 5.97 Å². The first-order valence-electron chi connectivity index (χ1n) is 8.76. The first kappa shape index (κ1) is 18.1. The van der Waals surface area contributed by atoms with Gasteiger partial charge in [0, 0.05) is 0 Å². The van der Waals surface area contributed by atoms with Crippen molar-refractivity contribution < 1.29 is 15.0 Å². The monoisotopic (exact) mass is 326 g/mol. The van der Waals surface area contributed by atoms with Gasteiger partial charge in [0.05, 0.1) is 0 Å². The summed E-state index contributed by atoms with van der Waals surface area (Å²) in [6.07, 6.45) is 8.77. The van der Waals surface area contributed by atoms with Gasteiger partial charge in [-0.15, -0.1) is 0 Å². The van der Waals surface area contributed by atoms with Gasteiger partial charge in [-0.05, 0) is 42.9 Å². The van der Waals surface area contributed by atoms with E-state index in [2.05, 4.69) is 24.3 Å². The molecule has 2 aromatic carbocycles. The Balaban J connectivity index is 1.60. The summed E-state index contributed by atoms with van der Waals surface area (Å²) in [5.41, 5.74) is 2.19. The van der Waals surface area contributed by atoms with E-state index in [1.807, 2.05) is 6.07 Å². The number of phenols is 1. The number of carboxylic acid groups (broad SMARTS) is 1. The van der Waals surface area contributed by atoms with Crippen LogP contribution in [0.25, 0.3) is 0 Å². The van der Waals surface area contributed by atoms with Crippen LogP contribution in [-0.4, -0.2) is 16.2 Å². The normalized spacial score (nSPS) is 10.7. The predicted molar refractivity (Wildman–Crippen MR) is 96.6 cm³/mol. The fourth-order valence-corrected chi connectivity index (χ4v) is 3.04. The number of aryl methyl sites for hydroxylation is 2. The molecule has 0 fully saturated rings. The third kappa shape index (κ3) is 5.73. The second kappa shape index (κ2) is 9.76. The lowest BCUT2D eigenvalue weighted by molar-refractivity contribution is 0.0692. The van der Waals surface area contributed by atoms with Gasteiger partial charge in [0.25, 0.3) is 0 Å². The zero-order chi connectivity index (χ0) is 17.2. The summed E-state index contributed by atoms with van der Waals surface area (Å²) in [4.78, 5) is 11.2. The Bertz CT molecular complexity index is 635. The average Bonchev–Trinajstić information content (AvgIpc) is 2.58. The second-order valence-electron chi connectivity index (χ2n) is 6.22. The summed E-state index contributed by atoms with van der Waals surface area (Å²) in [5, 5.41) is 18.9. The van der Waals surface area contributed by atoms with Gasteiger partial charge in [-0.2, -0.15) is 0 Å². The lowest BCUT2D eigenvalue weighted by atomic mass is 9.99. The number of rotatable bonds is 10. The van der Waals surface area contributed by atoms with Gasteiger partial charge in [-0.25, -0.2) is 4.79 Å². The fourth-order valence-electron chi connectivity index (χ4n) is 3.04. The van der Waals surface area contributed by atoms with E-state index >= 15 is 0 Å². The van der Waals surface area contributed by atoms with Crippen molar-refractivity contribution in [3.8, 4) is 5.75 Å². The highest BCUT2D eigenvalue weighted by Crippen LogP contribution is 2.23. The van der Waals surface area contributed by atoms with Crippen LogP contribution in [-0.2, 0) is 12.8 Å². The maximum absolute atomic E-state index is 11.2. The molecule has 0 saturated carbocycles. The molecule has 2 N–H and O–H groups in total. The quantitative estimate of drug-likeness (QED) is 0.589. The smallest absolute Gasteiger partial charge is 0.339 e. The van der Waals surface area contributed by atoms with Crippen LogP contribution in [0.1, 0.15) is 60.0 Å². The van der Waals surface area contributed by atoms with Gasteiger partial charge >= 0.3 is 5.97 Å². The van der Waals surface area contributed by atoms with Crippen LogP contribution in [0.15, 0.2) is 48.5 Å². The van der Waals surface area contributed by atoms with Crippen molar-refractivity contribution in [2.45, 2.75) is 51.4 Å². The largest absolute Gasteiger partial charge is 0.507 e. The van der Waals surface area contributed by atoms with Gasteiger partial charge < -0.3 is 10.2 Å². The van der Waals surface area contributed by atoms with E-state index in [0.717, 1.165) is 24.8 Å². The van der Waals surface area contributed by atoms with Crippen LogP contribution in [0.5, 0.6) is 5.75 Å². The highest BCUT2D eigenvalue weighted by molar-refractivity contribution is 5.92. The predicted octanol–water partition coefficient (Wildman–Crippen LogP) is 5.22. The number of aromatic hydroxyl groups is 1. The molecule has 3 nitrogen and oxygen atoms in total. The molecule has 0 heterocycles. The van der Waals surface area contributed by atoms with E-state index in [0.29, 0.717) is 6.42 Å². The molecular weight excluding hydrogens is 300 g/mol. The average molecular weight is 326 g/mol. The van der Waals surface area contributed by atoms with Crippen molar-refractivity contribution in [3.05, 3.63) is 65.2 Å². The minimum Gasteiger partial charge on any atom is -0.507 e.